The summed E-state index contributed by atoms with van der Waals surface area (Å²) in [5, 5.41) is 6.64. The molecule has 18 heavy (non-hydrogen) atoms. The molecule has 0 aliphatic heterocycles. The summed E-state index contributed by atoms with van der Waals surface area (Å²) in [7, 11) is 0. The second-order valence-electron chi connectivity index (χ2n) is 6.52. The van der Waals surface area contributed by atoms with Gasteiger partial charge in [-0.05, 0) is 63.4 Å². The SMILES string of the molecule is CC(C)CC(CNC(C)(C)C)Cc1sccc1Cl. The minimum absolute atomic E-state index is 0.189. The molecule has 0 fully saturated rings. The summed E-state index contributed by atoms with van der Waals surface area (Å²) >= 11 is 7.98. The lowest BCUT2D eigenvalue weighted by Gasteiger charge is -2.26. The molecule has 3 heteroatoms. The van der Waals surface area contributed by atoms with Crippen LogP contribution in [0.4, 0.5) is 0 Å². The molecule has 0 aliphatic carbocycles. The zero-order valence-electron chi connectivity index (χ0n) is 12.2. The summed E-state index contributed by atoms with van der Waals surface area (Å²) in [5.41, 5.74) is 0.189. The average Bonchev–Trinajstić information content (AvgIpc) is 2.59. The quantitative estimate of drug-likeness (QED) is 0.777. The maximum Gasteiger partial charge on any atom is 0.0545 e. The van der Waals surface area contributed by atoms with Gasteiger partial charge in [0.05, 0.1) is 5.02 Å². The topological polar surface area (TPSA) is 12.0 Å². The monoisotopic (exact) mass is 287 g/mol. The fourth-order valence-electron chi connectivity index (χ4n) is 2.09. The molecule has 1 rings (SSSR count). The molecule has 0 saturated heterocycles. The van der Waals surface area contributed by atoms with Crippen LogP contribution < -0.4 is 5.32 Å². The van der Waals surface area contributed by atoms with Crippen molar-refractivity contribution < 1.29 is 0 Å². The molecular weight excluding hydrogens is 262 g/mol. The maximum atomic E-state index is 6.20. The van der Waals surface area contributed by atoms with Crippen molar-refractivity contribution in [2.24, 2.45) is 11.8 Å². The maximum absolute atomic E-state index is 6.20. The van der Waals surface area contributed by atoms with Crippen LogP contribution in [0.5, 0.6) is 0 Å². The first kappa shape index (κ1) is 16.0. The third-order valence-electron chi connectivity index (χ3n) is 2.89. The first-order valence-corrected chi connectivity index (χ1v) is 8.00. The number of hydrogen-bond acceptors (Lipinski definition) is 2. The van der Waals surface area contributed by atoms with Gasteiger partial charge in [-0.25, -0.2) is 0 Å². The molecule has 0 bridgehead atoms. The fraction of sp³-hybridized carbons (Fsp3) is 0.733. The molecule has 0 aromatic carbocycles. The molecule has 0 radical (unpaired) electrons. The third-order valence-corrected chi connectivity index (χ3v) is 4.30. The van der Waals surface area contributed by atoms with Crippen molar-refractivity contribution in [1.82, 2.24) is 5.32 Å². The van der Waals surface area contributed by atoms with Crippen molar-refractivity contribution in [3.05, 3.63) is 21.3 Å². The van der Waals surface area contributed by atoms with Gasteiger partial charge in [-0.15, -0.1) is 11.3 Å². The van der Waals surface area contributed by atoms with Crippen LogP contribution in [-0.2, 0) is 6.42 Å². The van der Waals surface area contributed by atoms with E-state index in [4.69, 9.17) is 11.6 Å². The van der Waals surface area contributed by atoms with Crippen LogP contribution in [0.15, 0.2) is 11.4 Å². The first-order chi connectivity index (χ1) is 8.28. The minimum atomic E-state index is 0.189. The Hall–Kier alpha value is -0.0500. The zero-order valence-corrected chi connectivity index (χ0v) is 13.8. The molecule has 0 spiro atoms. The number of halogens is 1. The number of nitrogens with one attached hydrogen (secondary N) is 1. The normalized spacial score (nSPS) is 14.2. The Morgan fingerprint density at radius 1 is 1.33 bits per heavy atom. The molecule has 1 atom stereocenters. The van der Waals surface area contributed by atoms with Crippen molar-refractivity contribution in [3.8, 4) is 0 Å². The third kappa shape index (κ3) is 6.21. The Kier molecular flexibility index (Phi) is 6.16. The van der Waals surface area contributed by atoms with Gasteiger partial charge in [-0.3, -0.25) is 0 Å². The first-order valence-electron chi connectivity index (χ1n) is 6.75. The van der Waals surface area contributed by atoms with Gasteiger partial charge in [0.2, 0.25) is 0 Å². The Bertz CT molecular complexity index is 352. The molecule has 0 saturated carbocycles. The molecule has 1 aromatic heterocycles. The molecule has 1 heterocycles. The molecule has 1 nitrogen and oxygen atoms in total. The van der Waals surface area contributed by atoms with E-state index in [1.807, 2.05) is 6.07 Å². The number of thiophene rings is 1. The van der Waals surface area contributed by atoms with Crippen molar-refractivity contribution in [2.75, 3.05) is 6.54 Å². The lowest BCUT2D eigenvalue weighted by Crippen LogP contribution is -2.39. The standard InChI is InChI=1S/C15H26ClNS/c1-11(2)8-12(10-17-15(3,4)5)9-14-13(16)6-7-18-14/h6-7,11-12,17H,8-10H2,1-5H3. The Labute approximate surface area is 121 Å². The van der Waals surface area contributed by atoms with Crippen LogP contribution in [0.1, 0.15) is 45.9 Å². The second kappa shape index (κ2) is 6.93. The fourth-order valence-corrected chi connectivity index (χ4v) is 3.32. The van der Waals surface area contributed by atoms with Gasteiger partial charge in [-0.2, -0.15) is 0 Å². The highest BCUT2D eigenvalue weighted by atomic mass is 35.5. The molecule has 1 N–H and O–H groups in total. The van der Waals surface area contributed by atoms with E-state index in [0.717, 1.165) is 23.9 Å². The van der Waals surface area contributed by atoms with Crippen molar-refractivity contribution in [1.29, 1.82) is 0 Å². The molecule has 1 aromatic rings. The van der Waals surface area contributed by atoms with E-state index in [1.54, 1.807) is 11.3 Å². The average molecular weight is 288 g/mol. The summed E-state index contributed by atoms with van der Waals surface area (Å²) in [6.07, 6.45) is 2.34. The van der Waals surface area contributed by atoms with Crippen molar-refractivity contribution in [2.45, 2.75) is 53.0 Å². The van der Waals surface area contributed by atoms with E-state index in [-0.39, 0.29) is 5.54 Å². The molecule has 0 amide bonds. The second-order valence-corrected chi connectivity index (χ2v) is 7.93. The largest absolute Gasteiger partial charge is 0.312 e. The highest BCUT2D eigenvalue weighted by Crippen LogP contribution is 2.27. The summed E-state index contributed by atoms with van der Waals surface area (Å²) < 4.78 is 0. The lowest BCUT2D eigenvalue weighted by atomic mass is 9.92. The predicted octanol–water partition coefficient (Wildman–Crippen LogP) is 4.99. The Morgan fingerprint density at radius 2 is 2.00 bits per heavy atom. The van der Waals surface area contributed by atoms with Gasteiger partial charge in [0, 0.05) is 10.4 Å². The lowest BCUT2D eigenvalue weighted by molar-refractivity contribution is 0.332. The van der Waals surface area contributed by atoms with Crippen LogP contribution in [0.25, 0.3) is 0 Å². The smallest absolute Gasteiger partial charge is 0.0545 e. The van der Waals surface area contributed by atoms with E-state index in [1.165, 1.54) is 11.3 Å². The van der Waals surface area contributed by atoms with E-state index in [0.29, 0.717) is 5.92 Å². The van der Waals surface area contributed by atoms with Crippen molar-refractivity contribution >= 4 is 22.9 Å². The molecule has 0 aliphatic rings. The number of rotatable bonds is 6. The van der Waals surface area contributed by atoms with Crippen LogP contribution >= 0.6 is 22.9 Å². The summed E-state index contributed by atoms with van der Waals surface area (Å²) in [6.45, 7) is 12.3. The van der Waals surface area contributed by atoms with Gasteiger partial charge < -0.3 is 5.32 Å². The van der Waals surface area contributed by atoms with Crippen LogP contribution in [0, 0.1) is 11.8 Å². The van der Waals surface area contributed by atoms with Gasteiger partial charge in [-0.1, -0.05) is 25.4 Å². The summed E-state index contributed by atoms with van der Waals surface area (Å²) in [4.78, 5) is 1.33. The van der Waals surface area contributed by atoms with Crippen molar-refractivity contribution in [3.63, 3.8) is 0 Å². The van der Waals surface area contributed by atoms with Crippen LogP contribution in [0.2, 0.25) is 5.02 Å². The van der Waals surface area contributed by atoms with Gasteiger partial charge in [0.15, 0.2) is 0 Å². The Balaban J connectivity index is 2.58. The molecular formula is C15H26ClNS. The highest BCUT2D eigenvalue weighted by Gasteiger charge is 2.17. The van der Waals surface area contributed by atoms with E-state index >= 15 is 0 Å². The van der Waals surface area contributed by atoms with E-state index in [2.05, 4.69) is 45.3 Å². The summed E-state index contributed by atoms with van der Waals surface area (Å²) in [5.74, 6) is 1.40. The van der Waals surface area contributed by atoms with E-state index < -0.39 is 0 Å². The summed E-state index contributed by atoms with van der Waals surface area (Å²) in [6, 6.07) is 2.01. The Morgan fingerprint density at radius 3 is 2.44 bits per heavy atom. The highest BCUT2D eigenvalue weighted by molar-refractivity contribution is 7.10. The zero-order chi connectivity index (χ0) is 13.8. The van der Waals surface area contributed by atoms with Crippen LogP contribution in [0.3, 0.4) is 0 Å². The van der Waals surface area contributed by atoms with Gasteiger partial charge >= 0.3 is 0 Å². The van der Waals surface area contributed by atoms with E-state index in [9.17, 15) is 0 Å². The van der Waals surface area contributed by atoms with Gasteiger partial charge in [0.25, 0.3) is 0 Å². The molecule has 104 valence electrons. The van der Waals surface area contributed by atoms with Gasteiger partial charge in [0.1, 0.15) is 0 Å². The predicted molar refractivity (Wildman–Crippen MR) is 83.7 cm³/mol. The molecule has 1 unspecified atom stereocenters. The number of hydrogen-bond donors (Lipinski definition) is 1. The van der Waals surface area contributed by atoms with Crippen LogP contribution in [-0.4, -0.2) is 12.1 Å². The minimum Gasteiger partial charge on any atom is -0.312 e.